The first-order valence-electron chi connectivity index (χ1n) is 8.58. The fraction of sp³-hybridized carbons (Fsp3) is 0.529. The minimum Gasteiger partial charge on any atom is -0.461 e. The van der Waals surface area contributed by atoms with E-state index in [1.807, 2.05) is 13.8 Å². The molecule has 2 aromatic heterocycles. The lowest BCUT2D eigenvalue weighted by Crippen LogP contribution is -2.50. The van der Waals surface area contributed by atoms with Gasteiger partial charge >= 0.3 is 0 Å². The van der Waals surface area contributed by atoms with Crippen molar-refractivity contribution < 1.29 is 14.0 Å². The molecular formula is C17H23N5O3. The maximum Gasteiger partial charge on any atom is 0.243 e. The molecule has 1 aliphatic heterocycles. The summed E-state index contributed by atoms with van der Waals surface area (Å²) in [6, 6.07) is 3.15. The van der Waals surface area contributed by atoms with E-state index in [-0.39, 0.29) is 17.7 Å². The number of aromatic amines is 1. The van der Waals surface area contributed by atoms with Gasteiger partial charge in [0.2, 0.25) is 17.6 Å². The molecule has 0 unspecified atom stereocenters. The maximum absolute atomic E-state index is 12.5. The first kappa shape index (κ1) is 17.2. The summed E-state index contributed by atoms with van der Waals surface area (Å²) in [4.78, 5) is 30.5. The van der Waals surface area contributed by atoms with E-state index in [1.165, 1.54) is 0 Å². The SMILES string of the molecule is CC(C)[C@H](C(=O)NCCc1nc(-c2ccco2)n[nH]1)N1CCCC1=O. The lowest BCUT2D eigenvalue weighted by Gasteiger charge is -2.29. The predicted molar refractivity (Wildman–Crippen MR) is 90.4 cm³/mol. The minimum atomic E-state index is -0.414. The van der Waals surface area contributed by atoms with Crippen LogP contribution in [-0.2, 0) is 16.0 Å². The molecule has 8 heteroatoms. The molecule has 0 spiro atoms. The van der Waals surface area contributed by atoms with Gasteiger partial charge < -0.3 is 14.6 Å². The molecule has 3 rings (SSSR count). The van der Waals surface area contributed by atoms with E-state index in [2.05, 4.69) is 20.5 Å². The summed E-state index contributed by atoms with van der Waals surface area (Å²) in [5, 5.41) is 9.85. The molecule has 0 radical (unpaired) electrons. The Morgan fingerprint density at radius 1 is 1.48 bits per heavy atom. The van der Waals surface area contributed by atoms with Crippen LogP contribution in [0.1, 0.15) is 32.5 Å². The van der Waals surface area contributed by atoms with Crippen LogP contribution in [0.4, 0.5) is 0 Å². The van der Waals surface area contributed by atoms with Crippen LogP contribution >= 0.6 is 0 Å². The van der Waals surface area contributed by atoms with Gasteiger partial charge in [-0.1, -0.05) is 13.8 Å². The van der Waals surface area contributed by atoms with E-state index in [0.717, 1.165) is 6.42 Å². The molecule has 2 amide bonds. The second-order valence-electron chi connectivity index (χ2n) is 6.50. The average Bonchev–Trinajstić information content (AvgIpc) is 3.29. The molecule has 1 aliphatic rings. The van der Waals surface area contributed by atoms with Gasteiger partial charge in [0, 0.05) is 25.9 Å². The summed E-state index contributed by atoms with van der Waals surface area (Å²) in [6.45, 7) is 5.00. The van der Waals surface area contributed by atoms with Crippen LogP contribution in [0.5, 0.6) is 0 Å². The van der Waals surface area contributed by atoms with E-state index in [9.17, 15) is 9.59 Å². The molecule has 1 saturated heterocycles. The van der Waals surface area contributed by atoms with Gasteiger partial charge in [-0.15, -0.1) is 0 Å². The maximum atomic E-state index is 12.5. The standard InChI is InChI=1S/C17H23N5O3/c1-11(2)15(22-9-3-6-14(22)23)17(24)18-8-7-13-19-16(21-20-13)12-5-4-10-25-12/h4-5,10-11,15H,3,6-9H2,1-2H3,(H,18,24)(H,19,20,21)/t15-/m1/s1. The number of rotatable bonds is 7. The molecule has 134 valence electrons. The van der Waals surface area contributed by atoms with Crippen molar-refractivity contribution in [1.29, 1.82) is 0 Å². The summed E-state index contributed by atoms with van der Waals surface area (Å²) in [6.07, 6.45) is 3.45. The van der Waals surface area contributed by atoms with E-state index < -0.39 is 6.04 Å². The lowest BCUT2D eigenvalue weighted by molar-refractivity contribution is -0.139. The largest absolute Gasteiger partial charge is 0.461 e. The van der Waals surface area contributed by atoms with Crippen molar-refractivity contribution in [2.24, 2.45) is 5.92 Å². The van der Waals surface area contributed by atoms with Crippen molar-refractivity contribution in [3.8, 4) is 11.6 Å². The smallest absolute Gasteiger partial charge is 0.243 e. The second kappa shape index (κ2) is 7.50. The Bertz CT molecular complexity index is 722. The zero-order valence-electron chi connectivity index (χ0n) is 14.5. The van der Waals surface area contributed by atoms with E-state index in [1.54, 1.807) is 23.3 Å². The number of H-pyrrole nitrogens is 1. The number of hydrogen-bond acceptors (Lipinski definition) is 5. The van der Waals surface area contributed by atoms with E-state index in [0.29, 0.717) is 43.3 Å². The molecule has 1 atom stereocenters. The molecule has 8 nitrogen and oxygen atoms in total. The van der Waals surface area contributed by atoms with Gasteiger partial charge in [0.1, 0.15) is 11.9 Å². The van der Waals surface area contributed by atoms with Gasteiger partial charge in [0.25, 0.3) is 0 Å². The highest BCUT2D eigenvalue weighted by Crippen LogP contribution is 2.19. The molecule has 25 heavy (non-hydrogen) atoms. The summed E-state index contributed by atoms with van der Waals surface area (Å²) in [5.74, 6) is 1.78. The molecule has 3 heterocycles. The monoisotopic (exact) mass is 345 g/mol. The Morgan fingerprint density at radius 2 is 2.32 bits per heavy atom. The van der Waals surface area contributed by atoms with Gasteiger partial charge in [-0.05, 0) is 24.5 Å². The minimum absolute atomic E-state index is 0.0622. The third-order valence-electron chi connectivity index (χ3n) is 4.28. The lowest BCUT2D eigenvalue weighted by atomic mass is 10.0. The topological polar surface area (TPSA) is 104 Å². The molecule has 1 fully saturated rings. The quantitative estimate of drug-likeness (QED) is 0.789. The third kappa shape index (κ3) is 3.89. The summed E-state index contributed by atoms with van der Waals surface area (Å²) >= 11 is 0. The number of furan rings is 1. The van der Waals surface area contributed by atoms with Crippen molar-refractivity contribution in [2.75, 3.05) is 13.1 Å². The number of nitrogens with one attached hydrogen (secondary N) is 2. The highest BCUT2D eigenvalue weighted by atomic mass is 16.3. The van der Waals surface area contributed by atoms with Crippen LogP contribution in [0.25, 0.3) is 11.6 Å². The average molecular weight is 345 g/mol. The first-order chi connectivity index (χ1) is 12.1. The van der Waals surface area contributed by atoms with Crippen molar-refractivity contribution in [1.82, 2.24) is 25.4 Å². The summed E-state index contributed by atoms with van der Waals surface area (Å²) in [5.41, 5.74) is 0. The number of amides is 2. The van der Waals surface area contributed by atoms with Crippen molar-refractivity contribution in [3.63, 3.8) is 0 Å². The number of carbonyl (C=O) groups excluding carboxylic acids is 2. The van der Waals surface area contributed by atoms with Crippen LogP contribution < -0.4 is 5.32 Å². The van der Waals surface area contributed by atoms with Gasteiger partial charge in [-0.2, -0.15) is 5.10 Å². The third-order valence-corrected chi connectivity index (χ3v) is 4.28. The van der Waals surface area contributed by atoms with Crippen LogP contribution in [-0.4, -0.2) is 51.0 Å². The summed E-state index contributed by atoms with van der Waals surface area (Å²) < 4.78 is 5.25. The highest BCUT2D eigenvalue weighted by molar-refractivity contribution is 5.88. The Hall–Kier alpha value is -2.64. The van der Waals surface area contributed by atoms with Crippen LogP contribution in [0.15, 0.2) is 22.8 Å². The highest BCUT2D eigenvalue weighted by Gasteiger charge is 2.34. The van der Waals surface area contributed by atoms with Crippen molar-refractivity contribution >= 4 is 11.8 Å². The molecule has 0 bridgehead atoms. The predicted octanol–water partition coefficient (Wildman–Crippen LogP) is 1.37. The molecule has 2 N–H and O–H groups in total. The number of aromatic nitrogens is 3. The Morgan fingerprint density at radius 3 is 2.96 bits per heavy atom. The Kier molecular flexibility index (Phi) is 5.16. The molecular weight excluding hydrogens is 322 g/mol. The Balaban J connectivity index is 1.54. The molecule has 2 aromatic rings. The van der Waals surface area contributed by atoms with Gasteiger partial charge in [0.15, 0.2) is 5.76 Å². The number of likely N-dealkylation sites (tertiary alicyclic amines) is 1. The number of nitrogens with zero attached hydrogens (tertiary/aromatic N) is 3. The Labute approximate surface area is 146 Å². The first-order valence-corrected chi connectivity index (χ1v) is 8.58. The van der Waals surface area contributed by atoms with E-state index in [4.69, 9.17) is 4.42 Å². The molecule has 0 aliphatic carbocycles. The zero-order valence-corrected chi connectivity index (χ0v) is 14.5. The zero-order chi connectivity index (χ0) is 17.8. The fourth-order valence-electron chi connectivity index (χ4n) is 3.10. The molecule has 0 saturated carbocycles. The van der Waals surface area contributed by atoms with E-state index >= 15 is 0 Å². The molecule has 0 aromatic carbocycles. The van der Waals surface area contributed by atoms with Gasteiger partial charge in [-0.3, -0.25) is 14.7 Å². The second-order valence-corrected chi connectivity index (χ2v) is 6.50. The van der Waals surface area contributed by atoms with Gasteiger partial charge in [-0.25, -0.2) is 4.98 Å². The van der Waals surface area contributed by atoms with Crippen LogP contribution in [0.2, 0.25) is 0 Å². The number of hydrogen-bond donors (Lipinski definition) is 2. The number of carbonyl (C=O) groups is 2. The van der Waals surface area contributed by atoms with Crippen molar-refractivity contribution in [2.45, 2.75) is 39.2 Å². The van der Waals surface area contributed by atoms with Crippen molar-refractivity contribution in [3.05, 3.63) is 24.2 Å². The van der Waals surface area contributed by atoms with Crippen LogP contribution in [0.3, 0.4) is 0 Å². The normalized spacial score (nSPS) is 15.8. The van der Waals surface area contributed by atoms with Crippen LogP contribution in [0, 0.1) is 5.92 Å². The fourth-order valence-corrected chi connectivity index (χ4v) is 3.10. The summed E-state index contributed by atoms with van der Waals surface area (Å²) in [7, 11) is 0. The van der Waals surface area contributed by atoms with Gasteiger partial charge in [0.05, 0.1) is 6.26 Å².